The molecule has 0 aromatic carbocycles. The summed E-state index contributed by atoms with van der Waals surface area (Å²) >= 11 is 0. The molecule has 8 heteroatoms. The van der Waals surface area contributed by atoms with Gasteiger partial charge in [-0.05, 0) is 55.3 Å². The Morgan fingerprint density at radius 1 is 1.10 bits per heavy atom. The van der Waals surface area contributed by atoms with Crippen molar-refractivity contribution in [1.82, 2.24) is 0 Å². The standard InChI is InChI=1S/C12H18N2O6/c1-10-2-9-3-11(5-10,8-19-13(15)16)7-12(4-9,6-10)20-14(17)18/h9H,2-8H2,1H3. The summed E-state index contributed by atoms with van der Waals surface area (Å²) in [6.45, 7) is 2.13. The van der Waals surface area contributed by atoms with Crippen LogP contribution in [0.2, 0.25) is 0 Å². The molecule has 4 rings (SSSR count). The highest BCUT2D eigenvalue weighted by Gasteiger charge is 2.63. The highest BCUT2D eigenvalue weighted by Crippen LogP contribution is 2.67. The van der Waals surface area contributed by atoms with E-state index in [0.29, 0.717) is 25.2 Å². The molecule has 8 nitrogen and oxygen atoms in total. The minimum atomic E-state index is -0.776. The first-order valence-electron chi connectivity index (χ1n) is 6.85. The van der Waals surface area contributed by atoms with Crippen molar-refractivity contribution in [2.75, 3.05) is 6.61 Å². The molecule has 0 heterocycles. The van der Waals surface area contributed by atoms with Crippen LogP contribution in [0.1, 0.15) is 45.4 Å². The zero-order chi connectivity index (χ0) is 14.6. The molecule has 20 heavy (non-hydrogen) atoms. The highest BCUT2D eigenvalue weighted by atomic mass is 17.0. The fourth-order valence-corrected chi connectivity index (χ4v) is 5.65. The van der Waals surface area contributed by atoms with E-state index in [1.807, 2.05) is 0 Å². The molecule has 4 aliphatic rings. The minimum Gasteiger partial charge on any atom is -0.313 e. The van der Waals surface area contributed by atoms with Crippen LogP contribution in [-0.4, -0.2) is 22.4 Å². The molecule has 0 spiro atoms. The highest BCUT2D eigenvalue weighted by molar-refractivity contribution is 5.12. The maximum absolute atomic E-state index is 10.8. The summed E-state index contributed by atoms with van der Waals surface area (Å²) in [6.07, 6.45) is 4.53. The molecule has 0 aromatic rings. The molecule has 0 N–H and O–H groups in total. The van der Waals surface area contributed by atoms with Gasteiger partial charge in [-0.1, -0.05) is 6.92 Å². The van der Waals surface area contributed by atoms with Crippen molar-refractivity contribution >= 4 is 0 Å². The Morgan fingerprint density at radius 3 is 2.45 bits per heavy atom. The van der Waals surface area contributed by atoms with Gasteiger partial charge in [0.05, 0.1) is 0 Å². The maximum Gasteiger partial charge on any atom is 0.295 e. The molecular formula is C12H18N2O6. The summed E-state index contributed by atoms with van der Waals surface area (Å²) in [5.41, 5.74) is -1.15. The third-order valence-electron chi connectivity index (χ3n) is 5.16. The van der Waals surface area contributed by atoms with E-state index >= 15 is 0 Å². The number of hydrogen-bond donors (Lipinski definition) is 0. The van der Waals surface area contributed by atoms with Crippen molar-refractivity contribution in [2.24, 2.45) is 16.7 Å². The molecule has 4 fully saturated rings. The van der Waals surface area contributed by atoms with Crippen LogP contribution in [0.4, 0.5) is 0 Å². The van der Waals surface area contributed by atoms with Crippen LogP contribution in [-0.2, 0) is 9.68 Å². The lowest BCUT2D eigenvalue weighted by Crippen LogP contribution is -2.62. The summed E-state index contributed by atoms with van der Waals surface area (Å²) < 4.78 is 0. The molecular weight excluding hydrogens is 268 g/mol. The lowest BCUT2D eigenvalue weighted by molar-refractivity contribution is -0.788. The lowest BCUT2D eigenvalue weighted by atomic mass is 9.43. The van der Waals surface area contributed by atoms with Gasteiger partial charge in [-0.25, -0.2) is 0 Å². The molecule has 4 atom stereocenters. The summed E-state index contributed by atoms with van der Waals surface area (Å²) in [7, 11) is 0. The van der Waals surface area contributed by atoms with Crippen molar-refractivity contribution in [1.29, 1.82) is 0 Å². The second-order valence-electron chi connectivity index (χ2n) is 7.31. The van der Waals surface area contributed by atoms with Gasteiger partial charge in [0, 0.05) is 0 Å². The van der Waals surface area contributed by atoms with Gasteiger partial charge in [0.2, 0.25) is 0 Å². The zero-order valence-corrected chi connectivity index (χ0v) is 11.4. The number of hydrogen-bond acceptors (Lipinski definition) is 6. The predicted octanol–water partition coefficient (Wildman–Crippen LogP) is 2.13. The van der Waals surface area contributed by atoms with Gasteiger partial charge in [0.25, 0.3) is 10.2 Å². The molecule has 0 amide bonds. The zero-order valence-electron chi connectivity index (χ0n) is 11.4. The van der Waals surface area contributed by atoms with E-state index in [-0.39, 0.29) is 17.4 Å². The summed E-state index contributed by atoms with van der Waals surface area (Å²) in [5.74, 6) is 0.339. The monoisotopic (exact) mass is 286 g/mol. The van der Waals surface area contributed by atoms with E-state index in [2.05, 4.69) is 11.8 Å². The van der Waals surface area contributed by atoms with Gasteiger partial charge < -0.3 is 9.68 Å². The average molecular weight is 286 g/mol. The number of nitrogens with zero attached hydrogens (tertiary/aromatic N) is 2. The van der Waals surface area contributed by atoms with E-state index in [1.54, 1.807) is 0 Å². The predicted molar refractivity (Wildman–Crippen MR) is 65.5 cm³/mol. The summed E-state index contributed by atoms with van der Waals surface area (Å²) in [5, 5.41) is 19.8. The smallest absolute Gasteiger partial charge is 0.295 e. The molecule has 4 bridgehead atoms. The van der Waals surface area contributed by atoms with Crippen LogP contribution in [0.5, 0.6) is 0 Å². The van der Waals surface area contributed by atoms with Gasteiger partial charge in [0.1, 0.15) is 12.2 Å². The third kappa shape index (κ3) is 2.16. The van der Waals surface area contributed by atoms with Crippen LogP contribution in [0, 0.1) is 37.0 Å². The summed E-state index contributed by atoms with van der Waals surface area (Å²) in [6, 6.07) is 0. The van der Waals surface area contributed by atoms with Crippen molar-refractivity contribution in [3.63, 3.8) is 0 Å². The molecule has 0 radical (unpaired) electrons. The quantitative estimate of drug-likeness (QED) is 0.566. The minimum absolute atomic E-state index is 0.0227. The van der Waals surface area contributed by atoms with E-state index < -0.39 is 15.8 Å². The molecule has 112 valence electrons. The number of rotatable bonds is 5. The van der Waals surface area contributed by atoms with Crippen molar-refractivity contribution < 1.29 is 19.8 Å². The van der Waals surface area contributed by atoms with Gasteiger partial charge in [-0.15, -0.1) is 20.2 Å². The Bertz CT molecular complexity index is 471. The van der Waals surface area contributed by atoms with Crippen LogP contribution in [0.25, 0.3) is 0 Å². The third-order valence-corrected chi connectivity index (χ3v) is 5.16. The van der Waals surface area contributed by atoms with Crippen LogP contribution >= 0.6 is 0 Å². The Balaban J connectivity index is 1.87. The van der Waals surface area contributed by atoms with Crippen LogP contribution < -0.4 is 0 Å². The van der Waals surface area contributed by atoms with E-state index in [0.717, 1.165) is 19.3 Å². The average Bonchev–Trinajstić information content (AvgIpc) is 2.20. The first kappa shape index (κ1) is 13.4. The molecule has 4 saturated carbocycles. The Kier molecular flexibility index (Phi) is 2.65. The van der Waals surface area contributed by atoms with Gasteiger partial charge >= 0.3 is 0 Å². The Morgan fingerprint density at radius 2 is 1.85 bits per heavy atom. The van der Waals surface area contributed by atoms with Gasteiger partial charge in [-0.3, -0.25) is 0 Å². The Hall–Kier alpha value is -1.60. The van der Waals surface area contributed by atoms with Crippen LogP contribution in [0.3, 0.4) is 0 Å². The van der Waals surface area contributed by atoms with Gasteiger partial charge in [-0.2, -0.15) is 0 Å². The molecule has 0 saturated heterocycles. The van der Waals surface area contributed by atoms with Crippen molar-refractivity contribution in [2.45, 2.75) is 51.0 Å². The Labute approximate surface area is 115 Å². The SMILES string of the molecule is CC12CC3CC(CO[N+](=O)[O-])(C1)CC(O[N+](=O)[O-])(C3)C2. The summed E-state index contributed by atoms with van der Waals surface area (Å²) in [4.78, 5) is 30.9. The van der Waals surface area contributed by atoms with E-state index in [4.69, 9.17) is 4.84 Å². The molecule has 0 aliphatic heterocycles. The largest absolute Gasteiger partial charge is 0.313 e. The fourth-order valence-electron chi connectivity index (χ4n) is 5.65. The first-order valence-corrected chi connectivity index (χ1v) is 6.85. The fraction of sp³-hybridized carbons (Fsp3) is 1.00. The molecule has 0 aromatic heterocycles. The molecule has 4 unspecified atom stereocenters. The molecule has 4 aliphatic carbocycles. The lowest BCUT2D eigenvalue weighted by Gasteiger charge is -2.64. The van der Waals surface area contributed by atoms with Gasteiger partial charge in [0.15, 0.2) is 0 Å². The topological polar surface area (TPSA) is 105 Å². The maximum atomic E-state index is 10.8. The van der Waals surface area contributed by atoms with E-state index in [9.17, 15) is 20.2 Å². The normalized spacial score (nSPS) is 45.1. The van der Waals surface area contributed by atoms with Crippen molar-refractivity contribution in [3.8, 4) is 0 Å². The van der Waals surface area contributed by atoms with Crippen molar-refractivity contribution in [3.05, 3.63) is 20.2 Å². The second kappa shape index (κ2) is 3.95. The second-order valence-corrected chi connectivity index (χ2v) is 7.31. The van der Waals surface area contributed by atoms with Crippen LogP contribution in [0.15, 0.2) is 0 Å². The van der Waals surface area contributed by atoms with E-state index in [1.165, 1.54) is 0 Å². The first-order chi connectivity index (χ1) is 9.24.